The van der Waals surface area contributed by atoms with Gasteiger partial charge in [0.2, 0.25) is 0 Å². The van der Waals surface area contributed by atoms with E-state index in [1.54, 1.807) is 12.4 Å². The number of nitrogens with one attached hydrogen (secondary N) is 2. The molecule has 0 fully saturated rings. The van der Waals surface area contributed by atoms with Gasteiger partial charge in [0, 0.05) is 12.6 Å². The molecule has 0 saturated carbocycles. The average Bonchev–Trinajstić information content (AvgIpc) is 2.19. The van der Waals surface area contributed by atoms with Crippen LogP contribution in [0.3, 0.4) is 0 Å². The summed E-state index contributed by atoms with van der Waals surface area (Å²) < 4.78 is 0. The van der Waals surface area contributed by atoms with Crippen LogP contribution >= 0.6 is 0 Å². The van der Waals surface area contributed by atoms with Gasteiger partial charge in [0.15, 0.2) is 0 Å². The Morgan fingerprint density at radius 3 is 2.79 bits per heavy atom. The summed E-state index contributed by atoms with van der Waals surface area (Å²) in [6, 6.07) is -0.0128. The lowest BCUT2D eigenvalue weighted by atomic mass is 10.4. The van der Waals surface area contributed by atoms with E-state index in [2.05, 4.69) is 20.6 Å². The number of aromatic nitrogens is 2. The van der Waals surface area contributed by atoms with E-state index in [-0.39, 0.29) is 12.6 Å². The topological polar surface area (TPSA) is 70.1 Å². The molecule has 1 heterocycles. The van der Waals surface area contributed by atoms with E-state index in [4.69, 9.17) is 5.11 Å². The Morgan fingerprint density at radius 2 is 2.14 bits per heavy atom. The third-order valence-corrected chi connectivity index (χ3v) is 1.66. The molecule has 0 bridgehead atoms. The number of hydrogen-bond acceptors (Lipinski definition) is 5. The molecular formula is C9H16N4O. The number of aliphatic hydroxyl groups excluding tert-OH is 1. The van der Waals surface area contributed by atoms with Crippen LogP contribution in [0, 0.1) is 0 Å². The van der Waals surface area contributed by atoms with Gasteiger partial charge in [0.25, 0.3) is 0 Å². The van der Waals surface area contributed by atoms with Crippen molar-refractivity contribution in [3.8, 4) is 0 Å². The second kappa shape index (κ2) is 5.39. The second-order valence-corrected chi connectivity index (χ2v) is 3.05. The fourth-order valence-corrected chi connectivity index (χ4v) is 1.000. The zero-order valence-corrected chi connectivity index (χ0v) is 8.49. The largest absolute Gasteiger partial charge is 0.394 e. The first-order valence-corrected chi connectivity index (χ1v) is 4.69. The van der Waals surface area contributed by atoms with Crippen molar-refractivity contribution in [3.05, 3.63) is 12.4 Å². The maximum atomic E-state index is 8.84. The summed E-state index contributed by atoms with van der Waals surface area (Å²) in [5.41, 5.74) is 0. The van der Waals surface area contributed by atoms with E-state index in [0.29, 0.717) is 5.82 Å². The molecule has 78 valence electrons. The molecule has 0 aromatic carbocycles. The Hall–Kier alpha value is -1.36. The summed E-state index contributed by atoms with van der Waals surface area (Å²) >= 11 is 0. The van der Waals surface area contributed by atoms with Gasteiger partial charge in [-0.2, -0.15) is 0 Å². The van der Waals surface area contributed by atoms with E-state index >= 15 is 0 Å². The Morgan fingerprint density at radius 1 is 1.43 bits per heavy atom. The molecule has 1 aromatic heterocycles. The van der Waals surface area contributed by atoms with Crippen molar-refractivity contribution >= 4 is 11.6 Å². The molecule has 0 amide bonds. The molecule has 0 radical (unpaired) electrons. The number of hydrogen-bond donors (Lipinski definition) is 3. The van der Waals surface area contributed by atoms with Gasteiger partial charge in [0.1, 0.15) is 11.6 Å². The van der Waals surface area contributed by atoms with Crippen LogP contribution in [0.1, 0.15) is 13.8 Å². The minimum absolute atomic E-state index is 0.0128. The van der Waals surface area contributed by atoms with Crippen LogP contribution in [0.25, 0.3) is 0 Å². The molecule has 0 aliphatic carbocycles. The van der Waals surface area contributed by atoms with Crippen LogP contribution in [0.4, 0.5) is 11.6 Å². The smallest absolute Gasteiger partial charge is 0.147 e. The second-order valence-electron chi connectivity index (χ2n) is 3.05. The summed E-state index contributed by atoms with van der Waals surface area (Å²) in [4.78, 5) is 8.28. The zero-order chi connectivity index (χ0) is 10.4. The monoisotopic (exact) mass is 196 g/mol. The fraction of sp³-hybridized carbons (Fsp3) is 0.556. The van der Waals surface area contributed by atoms with E-state index in [9.17, 15) is 0 Å². The highest BCUT2D eigenvalue weighted by Gasteiger charge is 2.01. The molecule has 0 unspecified atom stereocenters. The number of nitrogens with zero attached hydrogens (tertiary/aromatic N) is 2. The first-order chi connectivity index (χ1) is 6.76. The van der Waals surface area contributed by atoms with Crippen molar-refractivity contribution in [2.75, 3.05) is 23.8 Å². The van der Waals surface area contributed by atoms with Crippen molar-refractivity contribution in [3.63, 3.8) is 0 Å². The molecule has 5 nitrogen and oxygen atoms in total. The minimum Gasteiger partial charge on any atom is -0.394 e. The Labute approximate surface area is 83.6 Å². The third-order valence-electron chi connectivity index (χ3n) is 1.66. The number of rotatable bonds is 5. The number of aliphatic hydroxyl groups is 1. The SMILES string of the molecule is CCNc1cncc(N[C@@H](C)CO)n1. The Kier molecular flexibility index (Phi) is 4.12. The lowest BCUT2D eigenvalue weighted by Crippen LogP contribution is -2.20. The van der Waals surface area contributed by atoms with Crippen LogP contribution in [-0.2, 0) is 0 Å². The number of anilines is 2. The molecule has 1 rings (SSSR count). The van der Waals surface area contributed by atoms with E-state index in [0.717, 1.165) is 12.4 Å². The zero-order valence-electron chi connectivity index (χ0n) is 8.49. The molecule has 5 heteroatoms. The Balaban J connectivity index is 2.63. The molecular weight excluding hydrogens is 180 g/mol. The lowest BCUT2D eigenvalue weighted by molar-refractivity contribution is 0.281. The summed E-state index contributed by atoms with van der Waals surface area (Å²) in [7, 11) is 0. The van der Waals surface area contributed by atoms with Crippen LogP contribution in [0.2, 0.25) is 0 Å². The maximum absolute atomic E-state index is 8.84. The standard InChI is InChI=1S/C9H16N4O/c1-3-11-8-4-10-5-9(13-8)12-7(2)6-14/h4-5,7,14H,3,6H2,1-2H3,(H2,11,12,13)/t7-/m0/s1. The van der Waals surface area contributed by atoms with Crippen molar-refractivity contribution in [1.82, 2.24) is 9.97 Å². The van der Waals surface area contributed by atoms with Crippen molar-refractivity contribution in [2.45, 2.75) is 19.9 Å². The van der Waals surface area contributed by atoms with E-state index < -0.39 is 0 Å². The highest BCUT2D eigenvalue weighted by atomic mass is 16.3. The van der Waals surface area contributed by atoms with Crippen molar-refractivity contribution in [1.29, 1.82) is 0 Å². The van der Waals surface area contributed by atoms with E-state index in [1.165, 1.54) is 0 Å². The molecule has 3 N–H and O–H groups in total. The first kappa shape index (κ1) is 10.7. The molecule has 1 atom stereocenters. The lowest BCUT2D eigenvalue weighted by Gasteiger charge is -2.11. The predicted octanol–water partition coefficient (Wildman–Crippen LogP) is 0.701. The summed E-state index contributed by atoms with van der Waals surface area (Å²) in [6.07, 6.45) is 3.30. The van der Waals surface area contributed by atoms with Crippen LogP contribution in [0.5, 0.6) is 0 Å². The van der Waals surface area contributed by atoms with Gasteiger partial charge in [-0.15, -0.1) is 0 Å². The van der Waals surface area contributed by atoms with E-state index in [1.807, 2.05) is 13.8 Å². The van der Waals surface area contributed by atoms with Gasteiger partial charge in [-0.3, -0.25) is 4.98 Å². The Bertz CT molecular complexity index is 279. The quantitative estimate of drug-likeness (QED) is 0.646. The highest BCUT2D eigenvalue weighted by molar-refractivity contribution is 5.41. The van der Waals surface area contributed by atoms with Gasteiger partial charge >= 0.3 is 0 Å². The van der Waals surface area contributed by atoms with Crippen LogP contribution in [0.15, 0.2) is 12.4 Å². The summed E-state index contributed by atoms with van der Waals surface area (Å²) in [5.74, 6) is 1.41. The van der Waals surface area contributed by atoms with Gasteiger partial charge in [-0.05, 0) is 13.8 Å². The summed E-state index contributed by atoms with van der Waals surface area (Å²) in [6.45, 7) is 4.76. The van der Waals surface area contributed by atoms with Gasteiger partial charge in [0.05, 0.1) is 19.0 Å². The van der Waals surface area contributed by atoms with Crippen molar-refractivity contribution in [2.24, 2.45) is 0 Å². The fourth-order valence-electron chi connectivity index (χ4n) is 1.000. The average molecular weight is 196 g/mol. The highest BCUT2D eigenvalue weighted by Crippen LogP contribution is 2.07. The van der Waals surface area contributed by atoms with Gasteiger partial charge in [-0.25, -0.2) is 4.98 Å². The summed E-state index contributed by atoms with van der Waals surface area (Å²) in [5, 5.41) is 14.9. The molecule has 0 saturated heterocycles. The third kappa shape index (κ3) is 3.18. The molecule has 1 aromatic rings. The maximum Gasteiger partial charge on any atom is 0.147 e. The minimum atomic E-state index is -0.0128. The first-order valence-electron chi connectivity index (χ1n) is 4.69. The van der Waals surface area contributed by atoms with Gasteiger partial charge < -0.3 is 15.7 Å². The predicted molar refractivity (Wildman–Crippen MR) is 56.4 cm³/mol. The van der Waals surface area contributed by atoms with Crippen LogP contribution in [-0.4, -0.2) is 34.3 Å². The van der Waals surface area contributed by atoms with Gasteiger partial charge in [-0.1, -0.05) is 0 Å². The molecule has 14 heavy (non-hydrogen) atoms. The molecule has 0 aliphatic heterocycles. The molecule has 0 spiro atoms. The molecule has 0 aliphatic rings. The normalized spacial score (nSPS) is 12.2. The van der Waals surface area contributed by atoms with Crippen LogP contribution < -0.4 is 10.6 Å². The van der Waals surface area contributed by atoms with Crippen molar-refractivity contribution < 1.29 is 5.11 Å².